The fourth-order valence-corrected chi connectivity index (χ4v) is 4.69. The molecular formula is C21H40N6O. The van der Waals surface area contributed by atoms with Gasteiger partial charge in [-0.3, -0.25) is 14.7 Å². The van der Waals surface area contributed by atoms with E-state index in [4.69, 9.17) is 4.99 Å². The van der Waals surface area contributed by atoms with Crippen LogP contribution in [0, 0.1) is 5.92 Å². The Morgan fingerprint density at radius 2 is 1.82 bits per heavy atom. The highest BCUT2D eigenvalue weighted by molar-refractivity contribution is 5.81. The van der Waals surface area contributed by atoms with E-state index in [0.717, 1.165) is 71.0 Å². The third-order valence-electron chi connectivity index (χ3n) is 6.58. The van der Waals surface area contributed by atoms with E-state index >= 15 is 0 Å². The first-order valence-electron chi connectivity index (χ1n) is 11.3. The molecule has 0 spiro atoms. The quantitative estimate of drug-likeness (QED) is 0.539. The van der Waals surface area contributed by atoms with Crippen molar-refractivity contribution in [1.82, 2.24) is 25.3 Å². The summed E-state index contributed by atoms with van der Waals surface area (Å²) in [6.07, 6.45) is 6.90. The van der Waals surface area contributed by atoms with Crippen molar-refractivity contribution in [1.29, 1.82) is 0 Å². The van der Waals surface area contributed by atoms with Crippen molar-refractivity contribution in [2.75, 3.05) is 59.9 Å². The van der Waals surface area contributed by atoms with Crippen LogP contribution in [-0.2, 0) is 4.79 Å². The van der Waals surface area contributed by atoms with E-state index in [2.05, 4.69) is 46.4 Å². The van der Waals surface area contributed by atoms with E-state index in [1.807, 2.05) is 0 Å². The molecule has 0 aromatic rings. The Morgan fingerprint density at radius 1 is 1.04 bits per heavy atom. The summed E-state index contributed by atoms with van der Waals surface area (Å²) in [5, 5.41) is 6.97. The Hall–Kier alpha value is -1.34. The first-order chi connectivity index (χ1) is 13.6. The third kappa shape index (κ3) is 5.83. The summed E-state index contributed by atoms with van der Waals surface area (Å²) >= 11 is 0. The molecule has 2 N–H and O–H groups in total. The Bertz CT molecular complexity index is 533. The van der Waals surface area contributed by atoms with Gasteiger partial charge in [-0.25, -0.2) is 0 Å². The predicted octanol–water partition coefficient (Wildman–Crippen LogP) is 0.969. The molecular weight excluding hydrogens is 352 g/mol. The fourth-order valence-electron chi connectivity index (χ4n) is 4.69. The van der Waals surface area contributed by atoms with Crippen LogP contribution in [0.25, 0.3) is 0 Å². The summed E-state index contributed by atoms with van der Waals surface area (Å²) in [4.78, 5) is 24.5. The van der Waals surface area contributed by atoms with Crippen LogP contribution in [0.4, 0.5) is 0 Å². The first-order valence-corrected chi connectivity index (χ1v) is 11.3. The van der Waals surface area contributed by atoms with Crippen molar-refractivity contribution in [3.05, 3.63) is 0 Å². The smallest absolute Gasteiger partial charge is 0.225 e. The molecule has 0 bridgehead atoms. The van der Waals surface area contributed by atoms with Crippen LogP contribution in [-0.4, -0.2) is 98.6 Å². The highest BCUT2D eigenvalue weighted by Gasteiger charge is 2.32. The molecule has 2 unspecified atom stereocenters. The highest BCUT2D eigenvalue weighted by Crippen LogP contribution is 2.26. The largest absolute Gasteiger partial charge is 0.357 e. The van der Waals surface area contributed by atoms with Gasteiger partial charge in [-0.15, -0.1) is 0 Å². The molecule has 160 valence electrons. The summed E-state index contributed by atoms with van der Waals surface area (Å²) in [7, 11) is 4.38. The van der Waals surface area contributed by atoms with Crippen molar-refractivity contribution >= 4 is 11.9 Å². The van der Waals surface area contributed by atoms with Gasteiger partial charge < -0.3 is 20.4 Å². The number of rotatable bonds is 5. The van der Waals surface area contributed by atoms with Gasteiger partial charge in [-0.2, -0.15) is 0 Å². The van der Waals surface area contributed by atoms with Crippen molar-refractivity contribution in [3.8, 4) is 0 Å². The number of hydrogen-bond acceptors (Lipinski definition) is 4. The summed E-state index contributed by atoms with van der Waals surface area (Å²) in [6, 6.07) is 0.763. The van der Waals surface area contributed by atoms with Gasteiger partial charge in [0, 0.05) is 57.3 Å². The van der Waals surface area contributed by atoms with E-state index in [1.165, 1.54) is 19.3 Å². The lowest BCUT2D eigenvalue weighted by Crippen LogP contribution is -2.52. The van der Waals surface area contributed by atoms with Gasteiger partial charge in [0.05, 0.1) is 6.54 Å². The Kier molecular flexibility index (Phi) is 7.97. The molecule has 3 aliphatic rings. The Labute approximate surface area is 170 Å². The number of aliphatic imine (C=N–C) groups is 1. The highest BCUT2D eigenvalue weighted by atomic mass is 16.2. The maximum absolute atomic E-state index is 12.8. The minimum atomic E-state index is 0.272. The molecule has 7 heteroatoms. The van der Waals surface area contributed by atoms with Crippen molar-refractivity contribution in [3.63, 3.8) is 0 Å². The zero-order valence-electron chi connectivity index (χ0n) is 18.1. The molecule has 1 amide bonds. The van der Waals surface area contributed by atoms with Gasteiger partial charge in [-0.05, 0) is 40.3 Å². The van der Waals surface area contributed by atoms with Crippen LogP contribution in [0.3, 0.4) is 0 Å². The standard InChI is InChI=1S/C21H40N6O/c1-4-22-21(23-14-19-16-25(2)12-13-26(19)3)24-18-10-11-27(15-18)20(28)17-8-6-5-7-9-17/h17-19H,4-16H2,1-3H3,(H2,22,23,24). The van der Waals surface area contributed by atoms with Crippen LogP contribution in [0.15, 0.2) is 4.99 Å². The number of hydrogen-bond donors (Lipinski definition) is 2. The molecule has 3 rings (SSSR count). The van der Waals surface area contributed by atoms with Crippen molar-refractivity contribution in [2.45, 2.75) is 57.5 Å². The van der Waals surface area contributed by atoms with Crippen LogP contribution >= 0.6 is 0 Å². The van der Waals surface area contributed by atoms with Crippen LogP contribution in [0.2, 0.25) is 0 Å². The number of amides is 1. The monoisotopic (exact) mass is 392 g/mol. The number of carbonyl (C=O) groups excluding carboxylic acids is 1. The second-order valence-corrected chi connectivity index (χ2v) is 8.87. The second-order valence-electron chi connectivity index (χ2n) is 8.87. The van der Waals surface area contributed by atoms with Gasteiger partial charge in [0.15, 0.2) is 5.96 Å². The van der Waals surface area contributed by atoms with E-state index in [9.17, 15) is 4.79 Å². The Morgan fingerprint density at radius 3 is 2.57 bits per heavy atom. The summed E-state index contributed by atoms with van der Waals surface area (Å²) in [6.45, 7) is 8.73. The SMILES string of the molecule is CCNC(=NCC1CN(C)CCN1C)NC1CCN(C(=O)C2CCCCC2)C1. The van der Waals surface area contributed by atoms with Gasteiger partial charge >= 0.3 is 0 Å². The summed E-state index contributed by atoms with van der Waals surface area (Å²) < 4.78 is 0. The minimum Gasteiger partial charge on any atom is -0.357 e. The zero-order chi connectivity index (χ0) is 19.9. The first kappa shape index (κ1) is 21.4. The molecule has 0 radical (unpaired) electrons. The number of carbonyl (C=O) groups is 1. The molecule has 0 aromatic carbocycles. The van der Waals surface area contributed by atoms with Gasteiger partial charge in [0.1, 0.15) is 0 Å². The normalized spacial score (nSPS) is 28.5. The number of likely N-dealkylation sites (tertiary alicyclic amines) is 1. The van der Waals surface area contributed by atoms with Crippen LogP contribution in [0.1, 0.15) is 45.4 Å². The second kappa shape index (κ2) is 10.4. The van der Waals surface area contributed by atoms with E-state index in [0.29, 0.717) is 18.0 Å². The third-order valence-corrected chi connectivity index (χ3v) is 6.58. The van der Waals surface area contributed by atoms with Crippen LogP contribution in [0.5, 0.6) is 0 Å². The number of guanidine groups is 1. The maximum atomic E-state index is 12.8. The average Bonchev–Trinajstić information content (AvgIpc) is 3.17. The molecule has 3 fully saturated rings. The van der Waals surface area contributed by atoms with Crippen LogP contribution < -0.4 is 10.6 Å². The van der Waals surface area contributed by atoms with E-state index in [1.54, 1.807) is 0 Å². The van der Waals surface area contributed by atoms with Gasteiger partial charge in [0.2, 0.25) is 5.91 Å². The number of nitrogens with zero attached hydrogens (tertiary/aromatic N) is 4. The molecule has 1 aliphatic carbocycles. The topological polar surface area (TPSA) is 63.2 Å². The molecule has 0 aromatic heterocycles. The Balaban J connectivity index is 1.50. The average molecular weight is 393 g/mol. The molecule has 2 heterocycles. The molecule has 1 saturated carbocycles. The van der Waals surface area contributed by atoms with Gasteiger partial charge in [-0.1, -0.05) is 19.3 Å². The number of piperazine rings is 1. The lowest BCUT2D eigenvalue weighted by Gasteiger charge is -2.37. The van der Waals surface area contributed by atoms with E-state index < -0.39 is 0 Å². The molecule has 2 aliphatic heterocycles. The molecule has 28 heavy (non-hydrogen) atoms. The number of likely N-dealkylation sites (N-methyl/N-ethyl adjacent to an activating group) is 2. The molecule has 2 atom stereocenters. The predicted molar refractivity (Wildman–Crippen MR) is 115 cm³/mol. The zero-order valence-corrected chi connectivity index (χ0v) is 18.1. The van der Waals surface area contributed by atoms with E-state index in [-0.39, 0.29) is 5.92 Å². The van der Waals surface area contributed by atoms with Crippen molar-refractivity contribution in [2.24, 2.45) is 10.9 Å². The molecule has 2 saturated heterocycles. The lowest BCUT2D eigenvalue weighted by molar-refractivity contribution is -0.135. The lowest BCUT2D eigenvalue weighted by atomic mass is 9.88. The fraction of sp³-hybridized carbons (Fsp3) is 0.905. The number of nitrogens with one attached hydrogen (secondary N) is 2. The summed E-state index contributed by atoms with van der Waals surface area (Å²) in [5.74, 6) is 1.55. The maximum Gasteiger partial charge on any atom is 0.225 e. The van der Waals surface area contributed by atoms with Crippen molar-refractivity contribution < 1.29 is 4.79 Å². The summed E-state index contributed by atoms with van der Waals surface area (Å²) in [5.41, 5.74) is 0. The minimum absolute atomic E-state index is 0.272. The molecule has 7 nitrogen and oxygen atoms in total. The van der Waals surface area contributed by atoms with Gasteiger partial charge in [0.25, 0.3) is 0 Å².